The number of rotatable bonds is 5. The van der Waals surface area contributed by atoms with Crippen molar-refractivity contribution in [2.24, 2.45) is 0 Å². The van der Waals surface area contributed by atoms with E-state index in [0.29, 0.717) is 49.6 Å². The number of hydrogen-bond acceptors (Lipinski definition) is 6. The van der Waals surface area contributed by atoms with E-state index in [-0.39, 0.29) is 12.0 Å². The zero-order valence-electron chi connectivity index (χ0n) is 14.2. The van der Waals surface area contributed by atoms with Crippen LogP contribution >= 0.6 is 0 Å². The standard InChI is InChI=1S/C18H21N3O4/c1-21(10-15-11-23-8-9-24-15)18(22)14-6-2-12(3-7-14)16-19-17(25-20-16)13-4-5-13/h2-3,6-7,13,15H,4-5,8-11H2,1H3/t15-/m1/s1. The Balaban J connectivity index is 1.40. The lowest BCUT2D eigenvalue weighted by molar-refractivity contribution is -0.0933. The normalized spacial score (nSPS) is 20.4. The smallest absolute Gasteiger partial charge is 0.253 e. The van der Waals surface area contributed by atoms with Gasteiger partial charge in [-0.05, 0) is 25.0 Å². The van der Waals surface area contributed by atoms with Gasteiger partial charge in [0.25, 0.3) is 5.91 Å². The summed E-state index contributed by atoms with van der Waals surface area (Å²) in [6.45, 7) is 2.23. The summed E-state index contributed by atoms with van der Waals surface area (Å²) in [5, 5.41) is 4.02. The molecule has 1 aliphatic carbocycles. The van der Waals surface area contributed by atoms with Crippen LogP contribution in [-0.2, 0) is 9.47 Å². The van der Waals surface area contributed by atoms with Gasteiger partial charge in [-0.3, -0.25) is 4.79 Å². The molecular weight excluding hydrogens is 322 g/mol. The van der Waals surface area contributed by atoms with Crippen LogP contribution < -0.4 is 0 Å². The zero-order valence-corrected chi connectivity index (χ0v) is 14.2. The van der Waals surface area contributed by atoms with E-state index in [2.05, 4.69) is 10.1 Å². The maximum Gasteiger partial charge on any atom is 0.253 e. The van der Waals surface area contributed by atoms with E-state index in [1.165, 1.54) is 0 Å². The van der Waals surface area contributed by atoms with Crippen LogP contribution in [0.1, 0.15) is 35.0 Å². The molecule has 0 unspecified atom stereocenters. The second-order valence-electron chi connectivity index (χ2n) is 6.56. The van der Waals surface area contributed by atoms with Crippen LogP contribution in [0.25, 0.3) is 11.4 Å². The minimum Gasteiger partial charge on any atom is -0.376 e. The second-order valence-corrected chi connectivity index (χ2v) is 6.56. The van der Waals surface area contributed by atoms with Crippen LogP contribution in [0.15, 0.2) is 28.8 Å². The molecule has 2 fully saturated rings. The number of nitrogens with zero attached hydrogens (tertiary/aromatic N) is 3. The first kappa shape index (κ1) is 16.2. The van der Waals surface area contributed by atoms with Crippen molar-refractivity contribution >= 4 is 5.91 Å². The molecule has 132 valence electrons. The lowest BCUT2D eigenvalue weighted by Gasteiger charge is -2.27. The molecule has 0 radical (unpaired) electrons. The second kappa shape index (κ2) is 6.93. The number of ether oxygens (including phenoxy) is 2. The maximum absolute atomic E-state index is 12.5. The molecular formula is C18H21N3O4. The summed E-state index contributed by atoms with van der Waals surface area (Å²) in [4.78, 5) is 18.6. The third-order valence-corrected chi connectivity index (χ3v) is 4.47. The quantitative estimate of drug-likeness (QED) is 0.827. The van der Waals surface area contributed by atoms with Crippen LogP contribution in [0, 0.1) is 0 Å². The molecule has 4 rings (SSSR count). The van der Waals surface area contributed by atoms with Crippen molar-refractivity contribution in [3.8, 4) is 11.4 Å². The van der Waals surface area contributed by atoms with E-state index in [0.717, 1.165) is 18.4 Å². The third kappa shape index (κ3) is 3.72. The van der Waals surface area contributed by atoms with Crippen molar-refractivity contribution in [2.75, 3.05) is 33.4 Å². The van der Waals surface area contributed by atoms with E-state index >= 15 is 0 Å². The lowest BCUT2D eigenvalue weighted by Crippen LogP contribution is -2.40. The fourth-order valence-corrected chi connectivity index (χ4v) is 2.86. The van der Waals surface area contributed by atoms with Crippen molar-refractivity contribution in [1.82, 2.24) is 15.0 Å². The van der Waals surface area contributed by atoms with Crippen LogP contribution in [0.5, 0.6) is 0 Å². The fraction of sp³-hybridized carbons (Fsp3) is 0.500. The van der Waals surface area contributed by atoms with Crippen LogP contribution in [0.4, 0.5) is 0 Å². The van der Waals surface area contributed by atoms with Crippen LogP contribution in [-0.4, -0.2) is 60.5 Å². The van der Waals surface area contributed by atoms with E-state index in [1.54, 1.807) is 24.1 Å². The fourth-order valence-electron chi connectivity index (χ4n) is 2.86. The number of amides is 1. The Morgan fingerprint density at radius 1 is 1.24 bits per heavy atom. The summed E-state index contributed by atoms with van der Waals surface area (Å²) in [5.74, 6) is 1.67. The van der Waals surface area contributed by atoms with Gasteiger partial charge in [0, 0.05) is 30.6 Å². The van der Waals surface area contributed by atoms with Crippen molar-refractivity contribution < 1.29 is 18.8 Å². The summed E-state index contributed by atoms with van der Waals surface area (Å²) in [6, 6.07) is 7.28. The molecule has 1 saturated carbocycles. The van der Waals surface area contributed by atoms with E-state index < -0.39 is 0 Å². The molecule has 25 heavy (non-hydrogen) atoms. The highest BCUT2D eigenvalue weighted by atomic mass is 16.6. The Morgan fingerprint density at radius 2 is 2.04 bits per heavy atom. The zero-order chi connectivity index (χ0) is 17.2. The number of hydrogen-bond donors (Lipinski definition) is 0. The molecule has 1 aromatic carbocycles. The van der Waals surface area contributed by atoms with Crippen molar-refractivity contribution in [3.05, 3.63) is 35.7 Å². The molecule has 7 heteroatoms. The van der Waals surface area contributed by atoms with E-state index in [4.69, 9.17) is 14.0 Å². The van der Waals surface area contributed by atoms with Gasteiger partial charge in [-0.25, -0.2) is 0 Å². The lowest BCUT2D eigenvalue weighted by atomic mass is 10.1. The Labute approximate surface area is 145 Å². The highest BCUT2D eigenvalue weighted by Gasteiger charge is 2.29. The summed E-state index contributed by atoms with van der Waals surface area (Å²) in [7, 11) is 1.77. The molecule has 1 atom stereocenters. The Hall–Kier alpha value is -2.25. The first-order valence-corrected chi connectivity index (χ1v) is 8.59. The van der Waals surface area contributed by atoms with Crippen LogP contribution in [0.3, 0.4) is 0 Å². The molecule has 2 aliphatic rings. The Morgan fingerprint density at radius 3 is 2.72 bits per heavy atom. The highest BCUT2D eigenvalue weighted by Crippen LogP contribution is 2.39. The average molecular weight is 343 g/mol. The summed E-state index contributed by atoms with van der Waals surface area (Å²) in [5.41, 5.74) is 1.47. The third-order valence-electron chi connectivity index (χ3n) is 4.47. The van der Waals surface area contributed by atoms with Gasteiger partial charge >= 0.3 is 0 Å². The Kier molecular flexibility index (Phi) is 4.50. The molecule has 1 saturated heterocycles. The van der Waals surface area contributed by atoms with Gasteiger partial charge < -0.3 is 18.9 Å². The largest absolute Gasteiger partial charge is 0.376 e. The Bertz CT molecular complexity index is 733. The monoisotopic (exact) mass is 343 g/mol. The van der Waals surface area contributed by atoms with Gasteiger partial charge in [-0.1, -0.05) is 17.3 Å². The van der Waals surface area contributed by atoms with Gasteiger partial charge in [-0.15, -0.1) is 0 Å². The highest BCUT2D eigenvalue weighted by molar-refractivity contribution is 5.94. The SMILES string of the molecule is CN(C[C@@H]1COCCO1)C(=O)c1ccc(-c2noc(C3CC3)n2)cc1. The van der Waals surface area contributed by atoms with Gasteiger partial charge in [0.2, 0.25) is 11.7 Å². The molecule has 0 bridgehead atoms. The average Bonchev–Trinajstić information content (AvgIpc) is 3.39. The van der Waals surface area contributed by atoms with Gasteiger partial charge in [0.1, 0.15) is 0 Å². The van der Waals surface area contributed by atoms with Crippen molar-refractivity contribution in [1.29, 1.82) is 0 Å². The van der Waals surface area contributed by atoms with E-state index in [1.807, 2.05) is 12.1 Å². The predicted molar refractivity (Wildman–Crippen MR) is 89.2 cm³/mol. The first-order valence-electron chi connectivity index (χ1n) is 8.59. The molecule has 1 aromatic heterocycles. The topological polar surface area (TPSA) is 77.7 Å². The molecule has 2 aromatic rings. The molecule has 0 N–H and O–H groups in total. The molecule has 2 heterocycles. The number of carbonyl (C=O) groups is 1. The molecule has 7 nitrogen and oxygen atoms in total. The summed E-state index contributed by atoms with van der Waals surface area (Å²) in [6.07, 6.45) is 2.18. The van der Waals surface area contributed by atoms with Crippen LogP contribution in [0.2, 0.25) is 0 Å². The molecule has 1 amide bonds. The van der Waals surface area contributed by atoms with Gasteiger partial charge in [0.15, 0.2) is 0 Å². The number of carbonyl (C=O) groups excluding carboxylic acids is 1. The maximum atomic E-state index is 12.5. The molecule has 0 spiro atoms. The molecule has 1 aliphatic heterocycles. The minimum atomic E-state index is -0.0675. The predicted octanol–water partition coefficient (Wildman–Crippen LogP) is 2.10. The summed E-state index contributed by atoms with van der Waals surface area (Å²) < 4.78 is 16.2. The minimum absolute atomic E-state index is 0.0486. The van der Waals surface area contributed by atoms with Crippen molar-refractivity contribution in [2.45, 2.75) is 24.9 Å². The first-order chi connectivity index (χ1) is 12.2. The van der Waals surface area contributed by atoms with Gasteiger partial charge in [-0.2, -0.15) is 4.98 Å². The number of aromatic nitrogens is 2. The van der Waals surface area contributed by atoms with Gasteiger partial charge in [0.05, 0.1) is 25.9 Å². The summed E-state index contributed by atoms with van der Waals surface area (Å²) >= 11 is 0. The van der Waals surface area contributed by atoms with E-state index in [9.17, 15) is 4.79 Å². The number of benzene rings is 1. The number of likely N-dealkylation sites (N-methyl/N-ethyl adjacent to an activating group) is 1. The van der Waals surface area contributed by atoms with Crippen molar-refractivity contribution in [3.63, 3.8) is 0 Å².